The van der Waals surface area contributed by atoms with E-state index in [1.54, 1.807) is 11.3 Å². The number of carbonyl (C=O) groups excluding carboxylic acids is 1. The minimum atomic E-state index is -0.398. The fourth-order valence-electron chi connectivity index (χ4n) is 1.28. The van der Waals surface area contributed by atoms with Crippen LogP contribution < -0.4 is 0 Å². The molecule has 0 aliphatic carbocycles. The van der Waals surface area contributed by atoms with Gasteiger partial charge in [-0.05, 0) is 6.92 Å². The highest BCUT2D eigenvalue weighted by molar-refractivity contribution is 7.09. The van der Waals surface area contributed by atoms with Crippen molar-refractivity contribution in [1.82, 2.24) is 15.1 Å². The van der Waals surface area contributed by atoms with Gasteiger partial charge in [0.25, 0.3) is 0 Å². The van der Waals surface area contributed by atoms with E-state index in [2.05, 4.69) is 19.9 Å². The van der Waals surface area contributed by atoms with Crippen LogP contribution in [0.4, 0.5) is 0 Å². The number of carbonyl (C=O) groups is 1. The molecule has 0 saturated heterocycles. The van der Waals surface area contributed by atoms with Gasteiger partial charge in [-0.3, -0.25) is 4.79 Å². The van der Waals surface area contributed by atoms with Crippen molar-refractivity contribution in [2.45, 2.75) is 19.8 Å². The quantitative estimate of drug-likeness (QED) is 0.760. The molecular weight excluding hydrogens is 242 g/mol. The third-order valence-corrected chi connectivity index (χ3v) is 2.86. The van der Waals surface area contributed by atoms with Crippen LogP contribution in [-0.4, -0.2) is 28.2 Å². The molecule has 0 aliphatic heterocycles. The maximum absolute atomic E-state index is 11.0. The van der Waals surface area contributed by atoms with E-state index >= 15 is 0 Å². The van der Waals surface area contributed by atoms with Gasteiger partial charge >= 0.3 is 5.97 Å². The number of methoxy groups -OCH3 is 1. The average Bonchev–Trinajstić information content (AvgIpc) is 2.89. The van der Waals surface area contributed by atoms with Crippen molar-refractivity contribution in [2.75, 3.05) is 7.11 Å². The summed E-state index contributed by atoms with van der Waals surface area (Å²) in [4.78, 5) is 19.4. The number of aryl methyl sites for hydroxylation is 1. The lowest BCUT2D eigenvalue weighted by molar-refractivity contribution is -0.140. The van der Waals surface area contributed by atoms with E-state index in [0.29, 0.717) is 12.2 Å². The van der Waals surface area contributed by atoms with Crippen molar-refractivity contribution < 1.29 is 14.1 Å². The van der Waals surface area contributed by atoms with Crippen LogP contribution in [0.15, 0.2) is 9.90 Å². The molecule has 2 aromatic heterocycles. The summed E-state index contributed by atoms with van der Waals surface area (Å²) < 4.78 is 9.44. The lowest BCUT2D eigenvalue weighted by Crippen LogP contribution is -2.04. The minimum Gasteiger partial charge on any atom is -0.469 e. The summed E-state index contributed by atoms with van der Waals surface area (Å²) >= 11 is 1.57. The smallest absolute Gasteiger partial charge is 0.315 e. The summed E-state index contributed by atoms with van der Waals surface area (Å²) in [5.41, 5.74) is 0.901. The maximum atomic E-state index is 11.0. The molecular formula is C10H11N3O3S. The maximum Gasteiger partial charge on any atom is 0.315 e. The number of esters is 1. The number of aromatic nitrogens is 3. The molecule has 0 spiro atoms. The van der Waals surface area contributed by atoms with Crippen molar-refractivity contribution in [2.24, 2.45) is 0 Å². The SMILES string of the molecule is COC(=O)Cc1nc(Cc2csc(C)n2)no1. The van der Waals surface area contributed by atoms with E-state index in [1.165, 1.54) is 7.11 Å². The Kier molecular flexibility index (Phi) is 3.48. The normalized spacial score (nSPS) is 10.5. The Hall–Kier alpha value is -1.76. The highest BCUT2D eigenvalue weighted by Crippen LogP contribution is 2.11. The molecule has 0 atom stereocenters. The number of nitrogens with zero attached hydrogens (tertiary/aromatic N) is 3. The van der Waals surface area contributed by atoms with Crippen LogP contribution in [0.5, 0.6) is 0 Å². The molecule has 2 aromatic rings. The molecule has 0 unspecified atom stereocenters. The first-order valence-electron chi connectivity index (χ1n) is 4.96. The third-order valence-electron chi connectivity index (χ3n) is 2.04. The fourth-order valence-corrected chi connectivity index (χ4v) is 1.89. The zero-order chi connectivity index (χ0) is 12.3. The highest BCUT2D eigenvalue weighted by atomic mass is 32.1. The second-order valence-corrected chi connectivity index (χ2v) is 4.45. The molecule has 0 aromatic carbocycles. The van der Waals surface area contributed by atoms with Crippen LogP contribution in [0.3, 0.4) is 0 Å². The molecule has 0 radical (unpaired) electrons. The lowest BCUT2D eigenvalue weighted by Gasteiger charge is -1.91. The zero-order valence-electron chi connectivity index (χ0n) is 9.47. The number of hydrogen-bond donors (Lipinski definition) is 0. The average molecular weight is 253 g/mol. The Labute approximate surface area is 102 Å². The Bertz CT molecular complexity index is 520. The molecule has 6 nitrogen and oxygen atoms in total. The first-order chi connectivity index (χ1) is 8.17. The number of hydrogen-bond acceptors (Lipinski definition) is 7. The molecule has 7 heteroatoms. The van der Waals surface area contributed by atoms with Crippen LogP contribution in [0.1, 0.15) is 22.4 Å². The Morgan fingerprint density at radius 1 is 1.53 bits per heavy atom. The fraction of sp³-hybridized carbons (Fsp3) is 0.400. The second-order valence-electron chi connectivity index (χ2n) is 3.39. The molecule has 2 heterocycles. The first kappa shape index (κ1) is 11.7. The number of rotatable bonds is 4. The summed E-state index contributed by atoms with van der Waals surface area (Å²) in [7, 11) is 1.32. The topological polar surface area (TPSA) is 78.1 Å². The van der Waals surface area contributed by atoms with Crippen LogP contribution in [-0.2, 0) is 22.4 Å². The molecule has 17 heavy (non-hydrogen) atoms. The number of thiazole rings is 1. The van der Waals surface area contributed by atoms with E-state index in [9.17, 15) is 4.79 Å². The van der Waals surface area contributed by atoms with Crippen molar-refractivity contribution in [1.29, 1.82) is 0 Å². The predicted molar refractivity (Wildman–Crippen MR) is 59.7 cm³/mol. The van der Waals surface area contributed by atoms with Crippen LogP contribution in [0, 0.1) is 6.92 Å². The largest absolute Gasteiger partial charge is 0.469 e. The van der Waals surface area contributed by atoms with E-state index in [1.807, 2.05) is 12.3 Å². The molecule has 2 rings (SSSR count). The summed E-state index contributed by atoms with van der Waals surface area (Å²) in [6.07, 6.45) is 0.509. The lowest BCUT2D eigenvalue weighted by atomic mass is 10.3. The third kappa shape index (κ3) is 3.10. The van der Waals surface area contributed by atoms with Gasteiger partial charge in [0.15, 0.2) is 5.82 Å². The van der Waals surface area contributed by atoms with E-state index < -0.39 is 5.97 Å². The molecule has 0 saturated carbocycles. The monoisotopic (exact) mass is 253 g/mol. The Morgan fingerprint density at radius 3 is 3.00 bits per heavy atom. The summed E-state index contributed by atoms with van der Waals surface area (Å²) in [6.45, 7) is 1.94. The van der Waals surface area contributed by atoms with E-state index in [-0.39, 0.29) is 12.3 Å². The van der Waals surface area contributed by atoms with Gasteiger partial charge in [-0.2, -0.15) is 4.98 Å². The van der Waals surface area contributed by atoms with Crippen molar-refractivity contribution in [3.05, 3.63) is 27.8 Å². The van der Waals surface area contributed by atoms with Gasteiger partial charge in [-0.25, -0.2) is 4.98 Å². The van der Waals surface area contributed by atoms with E-state index in [4.69, 9.17) is 4.52 Å². The van der Waals surface area contributed by atoms with Gasteiger partial charge in [0.1, 0.15) is 6.42 Å². The van der Waals surface area contributed by atoms with Gasteiger partial charge < -0.3 is 9.26 Å². The van der Waals surface area contributed by atoms with Crippen LogP contribution in [0.2, 0.25) is 0 Å². The van der Waals surface area contributed by atoms with Gasteiger partial charge in [0, 0.05) is 5.38 Å². The molecule has 0 bridgehead atoms. The summed E-state index contributed by atoms with van der Waals surface area (Å²) in [5.74, 6) is 0.387. The van der Waals surface area contributed by atoms with Gasteiger partial charge in [-0.1, -0.05) is 5.16 Å². The molecule has 0 fully saturated rings. The van der Waals surface area contributed by atoms with Crippen LogP contribution in [0.25, 0.3) is 0 Å². The van der Waals surface area contributed by atoms with Crippen molar-refractivity contribution >= 4 is 17.3 Å². The molecule has 0 N–H and O–H groups in total. The zero-order valence-corrected chi connectivity index (χ0v) is 10.3. The van der Waals surface area contributed by atoms with Gasteiger partial charge in [0.05, 0.1) is 24.2 Å². The molecule has 0 aliphatic rings. The second kappa shape index (κ2) is 5.05. The van der Waals surface area contributed by atoms with Crippen molar-refractivity contribution in [3.8, 4) is 0 Å². The summed E-state index contributed by atoms with van der Waals surface area (Å²) in [5, 5.41) is 6.73. The highest BCUT2D eigenvalue weighted by Gasteiger charge is 2.12. The minimum absolute atomic E-state index is 0.000404. The van der Waals surface area contributed by atoms with Crippen molar-refractivity contribution in [3.63, 3.8) is 0 Å². The van der Waals surface area contributed by atoms with Crippen LogP contribution >= 0.6 is 11.3 Å². The Morgan fingerprint density at radius 2 is 2.35 bits per heavy atom. The predicted octanol–water partition coefficient (Wildman–Crippen LogP) is 1.14. The molecule has 0 amide bonds. The van der Waals surface area contributed by atoms with E-state index in [0.717, 1.165) is 10.7 Å². The standard InChI is InChI=1S/C10H11N3O3S/c1-6-11-7(5-17-6)3-8-12-9(16-13-8)4-10(14)15-2/h5H,3-4H2,1-2H3. The Balaban J connectivity index is 2.01. The molecule has 90 valence electrons. The van der Waals surface area contributed by atoms with Gasteiger partial charge in [-0.15, -0.1) is 11.3 Å². The van der Waals surface area contributed by atoms with Gasteiger partial charge in [0.2, 0.25) is 5.89 Å². The first-order valence-corrected chi connectivity index (χ1v) is 5.84. The summed E-state index contributed by atoms with van der Waals surface area (Å²) in [6, 6.07) is 0. The number of ether oxygens (including phenoxy) is 1.